The van der Waals surface area contributed by atoms with Crippen molar-refractivity contribution in [3.8, 4) is 5.75 Å². The Morgan fingerprint density at radius 1 is 1.31 bits per heavy atom. The molecule has 2 aliphatic rings. The summed E-state index contributed by atoms with van der Waals surface area (Å²) in [4.78, 5) is 9.63. The summed E-state index contributed by atoms with van der Waals surface area (Å²) in [5, 5.41) is 3.40. The summed E-state index contributed by atoms with van der Waals surface area (Å²) in [6.07, 6.45) is 5.59. The summed E-state index contributed by atoms with van der Waals surface area (Å²) in [5.41, 5.74) is 0. The summed E-state index contributed by atoms with van der Waals surface area (Å²) < 4.78 is 18.8. The van der Waals surface area contributed by atoms with E-state index in [0.29, 0.717) is 18.3 Å². The Labute approximate surface area is 155 Å². The Balaban J connectivity index is 1.54. The molecule has 6 heteroatoms. The number of halogens is 1. The third-order valence-corrected chi connectivity index (χ3v) is 4.81. The van der Waals surface area contributed by atoms with Crippen LogP contribution in [0.2, 0.25) is 0 Å². The molecule has 1 aromatic carbocycles. The van der Waals surface area contributed by atoms with Crippen molar-refractivity contribution in [2.24, 2.45) is 4.99 Å². The highest BCUT2D eigenvalue weighted by Crippen LogP contribution is 2.18. The quantitative estimate of drug-likeness (QED) is 0.481. The third kappa shape index (κ3) is 4.97. The summed E-state index contributed by atoms with van der Waals surface area (Å²) >= 11 is 0. The van der Waals surface area contributed by atoms with Crippen molar-refractivity contribution in [1.82, 2.24) is 15.1 Å². The van der Waals surface area contributed by atoms with E-state index >= 15 is 0 Å². The van der Waals surface area contributed by atoms with E-state index in [-0.39, 0.29) is 11.9 Å². The van der Waals surface area contributed by atoms with Gasteiger partial charge in [-0.1, -0.05) is 12.2 Å². The number of nitrogens with one attached hydrogen (secondary N) is 1. The molecule has 0 bridgehead atoms. The van der Waals surface area contributed by atoms with E-state index in [2.05, 4.69) is 34.2 Å². The van der Waals surface area contributed by atoms with E-state index in [1.165, 1.54) is 18.6 Å². The van der Waals surface area contributed by atoms with Gasteiger partial charge in [0.25, 0.3) is 0 Å². The minimum atomic E-state index is -0.255. The number of guanidine groups is 1. The van der Waals surface area contributed by atoms with Gasteiger partial charge in [-0.2, -0.15) is 0 Å². The molecule has 0 radical (unpaired) electrons. The smallest absolute Gasteiger partial charge is 0.194 e. The lowest BCUT2D eigenvalue weighted by Crippen LogP contribution is -2.43. The maximum atomic E-state index is 13.0. The van der Waals surface area contributed by atoms with Crippen LogP contribution >= 0.6 is 0 Å². The molecular weight excluding hydrogens is 331 g/mol. The van der Waals surface area contributed by atoms with Crippen LogP contribution in [0.15, 0.2) is 41.4 Å². The average Bonchev–Trinajstić information content (AvgIpc) is 3.32. The zero-order chi connectivity index (χ0) is 18.4. The maximum Gasteiger partial charge on any atom is 0.194 e. The van der Waals surface area contributed by atoms with Crippen molar-refractivity contribution in [1.29, 1.82) is 0 Å². The minimum Gasteiger partial charge on any atom is -0.489 e. The van der Waals surface area contributed by atoms with Crippen LogP contribution in [0, 0.1) is 5.82 Å². The summed E-state index contributed by atoms with van der Waals surface area (Å²) in [6, 6.07) is 6.72. The molecule has 2 heterocycles. The lowest BCUT2D eigenvalue weighted by atomic mass is 10.2. The number of aliphatic imine (C=N–C) groups is 1. The Kier molecular flexibility index (Phi) is 6.50. The van der Waals surface area contributed by atoms with Gasteiger partial charge < -0.3 is 15.0 Å². The molecule has 2 aliphatic heterocycles. The van der Waals surface area contributed by atoms with Crippen LogP contribution in [0.5, 0.6) is 5.75 Å². The second-order valence-electron chi connectivity index (χ2n) is 6.89. The van der Waals surface area contributed by atoms with Crippen LogP contribution < -0.4 is 10.1 Å². The SMILES string of the molecule is CCNC(=NCC(C)Oc1ccc(F)cc1)N1CCC(N2CC=CC2)C1. The monoisotopic (exact) mass is 360 g/mol. The summed E-state index contributed by atoms with van der Waals surface area (Å²) in [7, 11) is 0. The number of nitrogens with zero attached hydrogens (tertiary/aromatic N) is 3. The average molecular weight is 360 g/mol. The first-order chi connectivity index (χ1) is 12.7. The van der Waals surface area contributed by atoms with Crippen molar-refractivity contribution in [2.45, 2.75) is 32.4 Å². The Bertz CT molecular complexity index is 623. The van der Waals surface area contributed by atoms with Crippen molar-refractivity contribution in [3.05, 3.63) is 42.2 Å². The molecule has 0 saturated carbocycles. The highest BCUT2D eigenvalue weighted by molar-refractivity contribution is 5.80. The van der Waals surface area contributed by atoms with Crippen molar-refractivity contribution < 1.29 is 9.13 Å². The Morgan fingerprint density at radius 3 is 2.73 bits per heavy atom. The largest absolute Gasteiger partial charge is 0.489 e. The fourth-order valence-corrected chi connectivity index (χ4v) is 3.45. The van der Waals surface area contributed by atoms with Gasteiger partial charge in [0.05, 0.1) is 6.54 Å². The molecule has 1 N–H and O–H groups in total. The molecule has 0 spiro atoms. The topological polar surface area (TPSA) is 40.1 Å². The van der Waals surface area contributed by atoms with Crippen molar-refractivity contribution in [2.75, 3.05) is 39.3 Å². The molecule has 26 heavy (non-hydrogen) atoms. The van der Waals surface area contributed by atoms with Gasteiger partial charge in [-0.15, -0.1) is 0 Å². The third-order valence-electron chi connectivity index (χ3n) is 4.81. The van der Waals surface area contributed by atoms with Crippen molar-refractivity contribution >= 4 is 5.96 Å². The first-order valence-electron chi connectivity index (χ1n) is 9.50. The molecule has 0 amide bonds. The number of rotatable bonds is 6. The van der Waals surface area contributed by atoms with Gasteiger partial charge in [-0.05, 0) is 44.5 Å². The van der Waals surface area contributed by atoms with Gasteiger partial charge in [0, 0.05) is 38.8 Å². The minimum absolute atomic E-state index is 0.0738. The molecule has 2 atom stereocenters. The van der Waals surface area contributed by atoms with E-state index < -0.39 is 0 Å². The molecule has 142 valence electrons. The molecular formula is C20H29FN4O. The zero-order valence-electron chi connectivity index (χ0n) is 15.7. The first kappa shape index (κ1) is 18.7. The molecule has 0 aliphatic carbocycles. The molecule has 1 saturated heterocycles. The van der Waals surface area contributed by atoms with Gasteiger partial charge in [-0.3, -0.25) is 4.90 Å². The molecule has 1 aromatic rings. The van der Waals surface area contributed by atoms with Crippen molar-refractivity contribution in [3.63, 3.8) is 0 Å². The van der Waals surface area contributed by atoms with Gasteiger partial charge >= 0.3 is 0 Å². The maximum absolute atomic E-state index is 13.0. The summed E-state index contributed by atoms with van der Waals surface area (Å²) in [5.74, 6) is 1.37. The van der Waals surface area contributed by atoms with Crippen LogP contribution in [-0.2, 0) is 0 Å². The fraction of sp³-hybridized carbons (Fsp3) is 0.550. The van der Waals surface area contributed by atoms with Crippen LogP contribution in [0.4, 0.5) is 4.39 Å². The first-order valence-corrected chi connectivity index (χ1v) is 9.50. The number of ether oxygens (including phenoxy) is 1. The number of benzene rings is 1. The lowest BCUT2D eigenvalue weighted by Gasteiger charge is -2.25. The van der Waals surface area contributed by atoms with Gasteiger partial charge in [-0.25, -0.2) is 9.38 Å². The molecule has 3 rings (SSSR count). The highest BCUT2D eigenvalue weighted by Gasteiger charge is 2.29. The van der Waals surface area contributed by atoms with Crippen LogP contribution in [-0.4, -0.2) is 67.2 Å². The van der Waals surface area contributed by atoms with Gasteiger partial charge in [0.15, 0.2) is 5.96 Å². The fourth-order valence-electron chi connectivity index (χ4n) is 3.45. The predicted molar refractivity (Wildman–Crippen MR) is 103 cm³/mol. The molecule has 2 unspecified atom stereocenters. The molecule has 0 aromatic heterocycles. The Hall–Kier alpha value is -2.08. The highest BCUT2D eigenvalue weighted by atomic mass is 19.1. The predicted octanol–water partition coefficient (Wildman–Crippen LogP) is 2.50. The van der Waals surface area contributed by atoms with Gasteiger partial charge in [0.2, 0.25) is 0 Å². The van der Waals surface area contributed by atoms with E-state index in [1.807, 2.05) is 6.92 Å². The van der Waals surface area contributed by atoms with Gasteiger partial charge in [0.1, 0.15) is 17.7 Å². The second kappa shape index (κ2) is 9.03. The van der Waals surface area contributed by atoms with E-state index in [0.717, 1.165) is 38.7 Å². The number of hydrogen-bond acceptors (Lipinski definition) is 3. The second-order valence-corrected chi connectivity index (χ2v) is 6.89. The van der Waals surface area contributed by atoms with Crippen LogP contribution in [0.25, 0.3) is 0 Å². The molecule has 5 nitrogen and oxygen atoms in total. The molecule has 1 fully saturated rings. The zero-order valence-corrected chi connectivity index (χ0v) is 15.7. The van der Waals surface area contributed by atoms with E-state index in [1.54, 1.807) is 12.1 Å². The normalized spacial score (nSPS) is 22.0. The summed E-state index contributed by atoms with van der Waals surface area (Å²) in [6.45, 7) is 9.65. The Morgan fingerprint density at radius 2 is 2.04 bits per heavy atom. The van der Waals surface area contributed by atoms with E-state index in [4.69, 9.17) is 9.73 Å². The van der Waals surface area contributed by atoms with Crippen LogP contribution in [0.1, 0.15) is 20.3 Å². The van der Waals surface area contributed by atoms with E-state index in [9.17, 15) is 4.39 Å². The van der Waals surface area contributed by atoms with Crippen LogP contribution in [0.3, 0.4) is 0 Å². The standard InChI is InChI=1S/C20H29FN4O/c1-3-22-20(25-13-10-18(15-25)24-11-4-5-12-24)23-14-16(2)26-19-8-6-17(21)7-9-19/h4-9,16,18H,3,10-15H2,1-2H3,(H,22,23). The number of hydrogen-bond donors (Lipinski definition) is 1. The lowest BCUT2D eigenvalue weighted by molar-refractivity contribution is 0.229. The number of likely N-dealkylation sites (tertiary alicyclic amines) is 1.